The quantitative estimate of drug-likeness (QED) is 0.764. The first-order chi connectivity index (χ1) is 7.00. The van der Waals surface area contributed by atoms with Crippen LogP contribution in [0, 0.1) is 17.8 Å². The SMILES string of the molecule is CC(C)C(=O)NC1CCC(C(C)C)CC1. The summed E-state index contributed by atoms with van der Waals surface area (Å²) in [5, 5.41) is 3.14. The molecule has 0 atom stereocenters. The average Bonchev–Trinajstić information content (AvgIpc) is 2.18. The van der Waals surface area contributed by atoms with Crippen LogP contribution in [0.2, 0.25) is 0 Å². The van der Waals surface area contributed by atoms with Crippen molar-refractivity contribution >= 4 is 5.91 Å². The Bertz CT molecular complexity index is 203. The van der Waals surface area contributed by atoms with E-state index in [1.807, 2.05) is 13.8 Å². The van der Waals surface area contributed by atoms with Gasteiger partial charge in [0.25, 0.3) is 0 Å². The smallest absolute Gasteiger partial charge is 0.222 e. The van der Waals surface area contributed by atoms with Gasteiger partial charge < -0.3 is 5.32 Å². The first-order valence-electron chi connectivity index (χ1n) is 6.31. The number of carbonyl (C=O) groups excluding carboxylic acids is 1. The Hall–Kier alpha value is -0.530. The first kappa shape index (κ1) is 12.5. The first-order valence-corrected chi connectivity index (χ1v) is 6.31. The third kappa shape index (κ3) is 3.84. The molecule has 0 aromatic rings. The maximum Gasteiger partial charge on any atom is 0.222 e. The monoisotopic (exact) mass is 211 g/mol. The maximum atomic E-state index is 11.5. The Balaban J connectivity index is 2.29. The van der Waals surface area contributed by atoms with Gasteiger partial charge in [-0.1, -0.05) is 27.7 Å². The normalized spacial score (nSPS) is 27.1. The zero-order chi connectivity index (χ0) is 11.4. The van der Waals surface area contributed by atoms with Crippen LogP contribution in [0.25, 0.3) is 0 Å². The van der Waals surface area contributed by atoms with Crippen molar-refractivity contribution in [2.45, 2.75) is 59.4 Å². The van der Waals surface area contributed by atoms with Crippen LogP contribution in [-0.4, -0.2) is 11.9 Å². The molecule has 0 bridgehead atoms. The van der Waals surface area contributed by atoms with Crippen molar-refractivity contribution in [2.24, 2.45) is 17.8 Å². The summed E-state index contributed by atoms with van der Waals surface area (Å²) >= 11 is 0. The maximum absolute atomic E-state index is 11.5. The van der Waals surface area contributed by atoms with Crippen LogP contribution in [-0.2, 0) is 4.79 Å². The minimum atomic E-state index is 0.118. The minimum Gasteiger partial charge on any atom is -0.353 e. The van der Waals surface area contributed by atoms with Crippen molar-refractivity contribution in [1.29, 1.82) is 0 Å². The summed E-state index contributed by atoms with van der Waals surface area (Å²) in [5.74, 6) is 2.00. The highest BCUT2D eigenvalue weighted by molar-refractivity contribution is 5.78. The molecule has 0 saturated heterocycles. The number of hydrogen-bond acceptors (Lipinski definition) is 1. The fourth-order valence-electron chi connectivity index (χ4n) is 2.30. The van der Waals surface area contributed by atoms with E-state index in [1.54, 1.807) is 0 Å². The van der Waals surface area contributed by atoms with Gasteiger partial charge in [-0.3, -0.25) is 4.79 Å². The van der Waals surface area contributed by atoms with Gasteiger partial charge in [-0.2, -0.15) is 0 Å². The molecule has 2 heteroatoms. The van der Waals surface area contributed by atoms with E-state index in [1.165, 1.54) is 25.7 Å². The van der Waals surface area contributed by atoms with E-state index >= 15 is 0 Å². The molecule has 1 aliphatic carbocycles. The molecule has 1 rings (SSSR count). The largest absolute Gasteiger partial charge is 0.353 e. The molecule has 1 amide bonds. The molecular weight excluding hydrogens is 186 g/mol. The van der Waals surface area contributed by atoms with E-state index in [2.05, 4.69) is 19.2 Å². The molecule has 0 aromatic heterocycles. The molecule has 2 nitrogen and oxygen atoms in total. The summed E-state index contributed by atoms with van der Waals surface area (Å²) in [6.07, 6.45) is 4.89. The van der Waals surface area contributed by atoms with Gasteiger partial charge in [-0.05, 0) is 37.5 Å². The van der Waals surface area contributed by atoms with Gasteiger partial charge >= 0.3 is 0 Å². The molecule has 0 heterocycles. The Kier molecular flexibility index (Phi) is 4.62. The average molecular weight is 211 g/mol. The molecular formula is C13H25NO. The van der Waals surface area contributed by atoms with Gasteiger partial charge in [-0.25, -0.2) is 0 Å². The number of hydrogen-bond donors (Lipinski definition) is 1. The summed E-state index contributed by atoms with van der Waals surface area (Å²) in [6.45, 7) is 8.51. The van der Waals surface area contributed by atoms with Crippen molar-refractivity contribution in [2.75, 3.05) is 0 Å². The van der Waals surface area contributed by atoms with Crippen LogP contribution in [0.4, 0.5) is 0 Å². The predicted octanol–water partition coefficient (Wildman–Crippen LogP) is 2.97. The number of amides is 1. The highest BCUT2D eigenvalue weighted by atomic mass is 16.1. The van der Waals surface area contributed by atoms with E-state index in [-0.39, 0.29) is 11.8 Å². The van der Waals surface area contributed by atoms with Gasteiger partial charge in [0.05, 0.1) is 0 Å². The summed E-state index contributed by atoms with van der Waals surface area (Å²) in [7, 11) is 0. The zero-order valence-electron chi connectivity index (χ0n) is 10.5. The van der Waals surface area contributed by atoms with Crippen molar-refractivity contribution < 1.29 is 4.79 Å². The Morgan fingerprint density at radius 1 is 1.07 bits per heavy atom. The number of rotatable bonds is 3. The lowest BCUT2D eigenvalue weighted by Crippen LogP contribution is -2.40. The van der Waals surface area contributed by atoms with Crippen molar-refractivity contribution in [1.82, 2.24) is 5.32 Å². The van der Waals surface area contributed by atoms with Crippen LogP contribution < -0.4 is 5.32 Å². The Morgan fingerprint density at radius 2 is 1.60 bits per heavy atom. The lowest BCUT2D eigenvalue weighted by Gasteiger charge is -2.31. The van der Waals surface area contributed by atoms with E-state index in [4.69, 9.17) is 0 Å². The van der Waals surface area contributed by atoms with Crippen LogP contribution in [0.15, 0.2) is 0 Å². The fourth-order valence-corrected chi connectivity index (χ4v) is 2.30. The molecule has 1 saturated carbocycles. The lowest BCUT2D eigenvalue weighted by molar-refractivity contribution is -0.125. The van der Waals surface area contributed by atoms with E-state index in [0.29, 0.717) is 6.04 Å². The van der Waals surface area contributed by atoms with Gasteiger partial charge in [-0.15, -0.1) is 0 Å². The number of nitrogens with one attached hydrogen (secondary N) is 1. The summed E-state index contributed by atoms with van der Waals surface area (Å²) in [5.41, 5.74) is 0. The molecule has 0 aromatic carbocycles. The molecule has 1 aliphatic rings. The molecule has 88 valence electrons. The predicted molar refractivity (Wildman–Crippen MR) is 63.6 cm³/mol. The second-order valence-electron chi connectivity index (χ2n) is 5.52. The van der Waals surface area contributed by atoms with E-state index in [9.17, 15) is 4.79 Å². The van der Waals surface area contributed by atoms with Crippen LogP contribution >= 0.6 is 0 Å². The van der Waals surface area contributed by atoms with Crippen molar-refractivity contribution in [3.05, 3.63) is 0 Å². The van der Waals surface area contributed by atoms with E-state index in [0.717, 1.165) is 11.8 Å². The van der Waals surface area contributed by atoms with E-state index < -0.39 is 0 Å². The summed E-state index contributed by atoms with van der Waals surface area (Å²) in [6, 6.07) is 0.440. The molecule has 15 heavy (non-hydrogen) atoms. The third-order valence-electron chi connectivity index (χ3n) is 3.59. The third-order valence-corrected chi connectivity index (χ3v) is 3.59. The topological polar surface area (TPSA) is 29.1 Å². The molecule has 0 aliphatic heterocycles. The molecule has 0 unspecified atom stereocenters. The van der Waals surface area contributed by atoms with Crippen LogP contribution in [0.5, 0.6) is 0 Å². The van der Waals surface area contributed by atoms with Gasteiger partial charge in [0.15, 0.2) is 0 Å². The standard InChI is InChI=1S/C13H25NO/c1-9(2)11-5-7-12(8-6-11)14-13(15)10(3)4/h9-12H,5-8H2,1-4H3,(H,14,15). The van der Waals surface area contributed by atoms with Crippen LogP contribution in [0.3, 0.4) is 0 Å². The Morgan fingerprint density at radius 3 is 2.00 bits per heavy atom. The molecule has 1 fully saturated rings. The highest BCUT2D eigenvalue weighted by Crippen LogP contribution is 2.29. The van der Waals surface area contributed by atoms with Gasteiger partial charge in [0.1, 0.15) is 0 Å². The highest BCUT2D eigenvalue weighted by Gasteiger charge is 2.24. The van der Waals surface area contributed by atoms with Gasteiger partial charge in [0, 0.05) is 12.0 Å². The lowest BCUT2D eigenvalue weighted by atomic mass is 9.79. The zero-order valence-corrected chi connectivity index (χ0v) is 10.5. The fraction of sp³-hybridized carbons (Fsp3) is 0.923. The Labute approximate surface area is 93.8 Å². The van der Waals surface area contributed by atoms with Crippen LogP contribution in [0.1, 0.15) is 53.4 Å². The second kappa shape index (κ2) is 5.53. The molecule has 1 N–H and O–H groups in total. The summed E-state index contributed by atoms with van der Waals surface area (Å²) in [4.78, 5) is 11.5. The van der Waals surface area contributed by atoms with Crippen molar-refractivity contribution in [3.8, 4) is 0 Å². The minimum absolute atomic E-state index is 0.118. The second-order valence-corrected chi connectivity index (χ2v) is 5.52. The van der Waals surface area contributed by atoms with Crippen molar-refractivity contribution in [3.63, 3.8) is 0 Å². The number of carbonyl (C=O) groups is 1. The molecule has 0 radical (unpaired) electrons. The van der Waals surface area contributed by atoms with Gasteiger partial charge in [0.2, 0.25) is 5.91 Å². The molecule has 0 spiro atoms. The summed E-state index contributed by atoms with van der Waals surface area (Å²) < 4.78 is 0.